The average Bonchev–Trinajstić information content (AvgIpc) is 2.47. The van der Waals surface area contributed by atoms with Gasteiger partial charge < -0.3 is 19.5 Å². The number of para-hydroxylation sites is 2. The van der Waals surface area contributed by atoms with Gasteiger partial charge in [0.2, 0.25) is 12.4 Å². The van der Waals surface area contributed by atoms with Crippen LogP contribution in [0.3, 0.4) is 0 Å². The zero-order valence-corrected chi connectivity index (χ0v) is 10.6. The van der Waals surface area contributed by atoms with E-state index in [2.05, 4.69) is 0 Å². The fraction of sp³-hybridized carbons (Fsp3) is 0.500. The molecular formula is C14H17NO4. The Labute approximate surface area is 111 Å². The number of rotatable bonds is 1. The molecular weight excluding hydrogens is 246 g/mol. The highest BCUT2D eigenvalue weighted by Gasteiger charge is 2.38. The van der Waals surface area contributed by atoms with Crippen molar-refractivity contribution in [2.45, 2.75) is 31.7 Å². The maximum Gasteiger partial charge on any atom is 0.270 e. The molecule has 102 valence electrons. The molecule has 0 bridgehead atoms. The number of benzene rings is 1. The minimum absolute atomic E-state index is 0.193. The Balaban J connectivity index is 1.76. The molecule has 1 aromatic rings. The van der Waals surface area contributed by atoms with E-state index in [0.717, 1.165) is 32.4 Å². The topological polar surface area (TPSA) is 59.0 Å². The van der Waals surface area contributed by atoms with Crippen LogP contribution in [0.4, 0.5) is 0 Å². The minimum atomic E-state index is -1.25. The molecule has 5 nitrogen and oxygen atoms in total. The maximum atomic E-state index is 12.3. The zero-order chi connectivity index (χ0) is 13.2. The zero-order valence-electron chi connectivity index (χ0n) is 10.6. The van der Waals surface area contributed by atoms with E-state index in [9.17, 15) is 9.90 Å². The number of carbonyl (C=O) groups excluding carboxylic acids is 1. The van der Waals surface area contributed by atoms with Crippen LogP contribution in [0.5, 0.6) is 11.5 Å². The summed E-state index contributed by atoms with van der Waals surface area (Å²) in [5.41, 5.74) is 0. The summed E-state index contributed by atoms with van der Waals surface area (Å²) in [6.07, 6.45) is 0.951. The van der Waals surface area contributed by atoms with Crippen molar-refractivity contribution in [3.05, 3.63) is 24.3 Å². The van der Waals surface area contributed by atoms with Gasteiger partial charge in [-0.2, -0.15) is 0 Å². The lowest BCUT2D eigenvalue weighted by molar-refractivity contribution is -0.163. The Morgan fingerprint density at radius 3 is 2.42 bits per heavy atom. The number of hydrogen-bond acceptors (Lipinski definition) is 4. The second-order valence-corrected chi connectivity index (χ2v) is 4.88. The van der Waals surface area contributed by atoms with Gasteiger partial charge in [-0.05, 0) is 31.4 Å². The van der Waals surface area contributed by atoms with Gasteiger partial charge in [0.25, 0.3) is 5.91 Å². The van der Waals surface area contributed by atoms with Gasteiger partial charge in [-0.1, -0.05) is 12.1 Å². The van der Waals surface area contributed by atoms with Crippen LogP contribution in [0.2, 0.25) is 0 Å². The van der Waals surface area contributed by atoms with Gasteiger partial charge in [-0.3, -0.25) is 4.79 Å². The van der Waals surface area contributed by atoms with Crippen LogP contribution >= 0.6 is 0 Å². The first-order valence-corrected chi connectivity index (χ1v) is 6.65. The molecule has 2 atom stereocenters. The molecule has 3 rings (SSSR count). The van der Waals surface area contributed by atoms with Crippen LogP contribution in [0, 0.1) is 0 Å². The molecule has 2 aliphatic heterocycles. The van der Waals surface area contributed by atoms with Crippen LogP contribution in [0.25, 0.3) is 0 Å². The molecule has 1 aromatic carbocycles. The van der Waals surface area contributed by atoms with Crippen molar-refractivity contribution in [2.24, 2.45) is 0 Å². The Morgan fingerprint density at radius 2 is 1.74 bits per heavy atom. The number of hydrogen-bond donors (Lipinski definition) is 1. The SMILES string of the molecule is O=C([C@@H]1Oc2ccccc2O[C@H]1O)N1CCCCC1. The molecule has 1 amide bonds. The number of fused-ring (bicyclic) bond motifs is 1. The average molecular weight is 263 g/mol. The molecule has 1 N–H and O–H groups in total. The van der Waals surface area contributed by atoms with Crippen molar-refractivity contribution in [2.75, 3.05) is 13.1 Å². The number of piperidine rings is 1. The van der Waals surface area contributed by atoms with E-state index in [-0.39, 0.29) is 5.91 Å². The van der Waals surface area contributed by atoms with Crippen molar-refractivity contribution < 1.29 is 19.4 Å². The highest BCUT2D eigenvalue weighted by Crippen LogP contribution is 2.33. The predicted molar refractivity (Wildman–Crippen MR) is 67.9 cm³/mol. The van der Waals surface area contributed by atoms with E-state index >= 15 is 0 Å². The normalized spacial score (nSPS) is 26.1. The second kappa shape index (κ2) is 5.09. The third-order valence-electron chi connectivity index (χ3n) is 3.52. The van der Waals surface area contributed by atoms with Crippen LogP contribution in [-0.2, 0) is 4.79 Å². The largest absolute Gasteiger partial charge is 0.470 e. The Kier molecular flexibility index (Phi) is 3.29. The van der Waals surface area contributed by atoms with E-state index in [0.29, 0.717) is 11.5 Å². The van der Waals surface area contributed by atoms with Crippen molar-refractivity contribution in [1.82, 2.24) is 4.90 Å². The first-order chi connectivity index (χ1) is 9.25. The molecule has 0 saturated carbocycles. The van der Waals surface area contributed by atoms with Gasteiger partial charge in [-0.25, -0.2) is 0 Å². The monoisotopic (exact) mass is 263 g/mol. The number of carbonyl (C=O) groups is 1. The molecule has 0 radical (unpaired) electrons. The van der Waals surface area contributed by atoms with Crippen LogP contribution in [0.15, 0.2) is 24.3 Å². The van der Waals surface area contributed by atoms with Gasteiger partial charge >= 0.3 is 0 Å². The third kappa shape index (κ3) is 2.38. The number of amides is 1. The summed E-state index contributed by atoms with van der Waals surface area (Å²) in [5.74, 6) is 0.780. The van der Waals surface area contributed by atoms with Crippen molar-refractivity contribution >= 4 is 5.91 Å². The van der Waals surface area contributed by atoms with E-state index in [4.69, 9.17) is 9.47 Å². The minimum Gasteiger partial charge on any atom is -0.470 e. The first kappa shape index (κ1) is 12.3. The molecule has 2 aliphatic rings. The quantitative estimate of drug-likeness (QED) is 0.826. The summed E-state index contributed by atoms with van der Waals surface area (Å²) in [6.45, 7) is 1.46. The molecule has 2 heterocycles. The summed E-state index contributed by atoms with van der Waals surface area (Å²) < 4.78 is 10.9. The number of aliphatic hydroxyl groups excluding tert-OH is 1. The van der Waals surface area contributed by atoms with Gasteiger partial charge in [0.15, 0.2) is 11.5 Å². The van der Waals surface area contributed by atoms with Crippen LogP contribution in [0.1, 0.15) is 19.3 Å². The summed E-state index contributed by atoms with van der Waals surface area (Å²) in [4.78, 5) is 14.1. The van der Waals surface area contributed by atoms with Gasteiger partial charge in [0.1, 0.15) is 0 Å². The van der Waals surface area contributed by atoms with E-state index in [1.54, 1.807) is 23.1 Å². The number of ether oxygens (including phenoxy) is 2. The number of likely N-dealkylation sites (tertiary alicyclic amines) is 1. The van der Waals surface area contributed by atoms with E-state index in [1.807, 2.05) is 6.07 Å². The molecule has 0 aliphatic carbocycles. The fourth-order valence-electron chi connectivity index (χ4n) is 2.50. The summed E-state index contributed by atoms with van der Waals surface area (Å²) in [7, 11) is 0. The Morgan fingerprint density at radius 1 is 1.11 bits per heavy atom. The summed E-state index contributed by atoms with van der Waals surface area (Å²) in [5, 5.41) is 9.92. The maximum absolute atomic E-state index is 12.3. The number of aliphatic hydroxyl groups is 1. The lowest BCUT2D eigenvalue weighted by Gasteiger charge is -2.34. The second-order valence-electron chi connectivity index (χ2n) is 4.88. The molecule has 0 spiro atoms. The molecule has 1 saturated heterocycles. The smallest absolute Gasteiger partial charge is 0.270 e. The predicted octanol–water partition coefficient (Wildman–Crippen LogP) is 1.16. The molecule has 1 fully saturated rings. The highest BCUT2D eigenvalue weighted by atomic mass is 16.7. The first-order valence-electron chi connectivity index (χ1n) is 6.65. The van der Waals surface area contributed by atoms with Crippen molar-refractivity contribution in [1.29, 1.82) is 0 Å². The highest BCUT2D eigenvalue weighted by molar-refractivity contribution is 5.82. The molecule has 0 unspecified atom stereocenters. The lowest BCUT2D eigenvalue weighted by Crippen LogP contribution is -2.52. The molecule has 19 heavy (non-hydrogen) atoms. The van der Waals surface area contributed by atoms with Crippen molar-refractivity contribution in [3.8, 4) is 11.5 Å². The molecule has 5 heteroatoms. The standard InChI is InChI=1S/C14H17NO4/c16-13(15-8-4-1-5-9-15)12-14(17)19-11-7-3-2-6-10(11)18-12/h2-3,6-7,12,14,17H,1,4-5,8-9H2/t12-,14+/m0/s1. The van der Waals surface area contributed by atoms with Crippen molar-refractivity contribution in [3.63, 3.8) is 0 Å². The number of nitrogens with zero attached hydrogens (tertiary/aromatic N) is 1. The van der Waals surface area contributed by atoms with Gasteiger partial charge in [0, 0.05) is 13.1 Å². The van der Waals surface area contributed by atoms with Gasteiger partial charge in [-0.15, -0.1) is 0 Å². The van der Waals surface area contributed by atoms with Crippen LogP contribution in [-0.4, -0.2) is 41.4 Å². The van der Waals surface area contributed by atoms with Gasteiger partial charge in [0.05, 0.1) is 0 Å². The fourth-order valence-corrected chi connectivity index (χ4v) is 2.50. The van der Waals surface area contributed by atoms with E-state index in [1.165, 1.54) is 0 Å². The summed E-state index contributed by atoms with van der Waals surface area (Å²) in [6, 6.07) is 7.04. The van der Waals surface area contributed by atoms with E-state index < -0.39 is 12.4 Å². The Hall–Kier alpha value is -1.75. The summed E-state index contributed by atoms with van der Waals surface area (Å²) >= 11 is 0. The third-order valence-corrected chi connectivity index (χ3v) is 3.52. The Bertz CT molecular complexity index is 470. The van der Waals surface area contributed by atoms with Crippen LogP contribution < -0.4 is 9.47 Å². The lowest BCUT2D eigenvalue weighted by atomic mass is 10.1. The molecule has 0 aromatic heterocycles.